The molecular weight excluding hydrogens is 196 g/mol. The molecule has 1 N–H and O–H groups in total. The van der Waals surface area contributed by atoms with Crippen LogP contribution in [0.3, 0.4) is 0 Å². The van der Waals surface area contributed by atoms with E-state index >= 15 is 0 Å². The van der Waals surface area contributed by atoms with Gasteiger partial charge in [-0.3, -0.25) is 0 Å². The lowest BCUT2D eigenvalue weighted by molar-refractivity contribution is 0.0848. The molecule has 1 fully saturated rings. The minimum atomic E-state index is -0.244. The van der Waals surface area contributed by atoms with Gasteiger partial charge in [-0.25, -0.2) is 0 Å². The maximum Gasteiger partial charge on any atom is 0.0818 e. The summed E-state index contributed by atoms with van der Waals surface area (Å²) in [6, 6.07) is 8.47. The Balaban J connectivity index is 2.04. The van der Waals surface area contributed by atoms with Crippen LogP contribution in [0.15, 0.2) is 24.3 Å². The average molecular weight is 218 g/mol. The van der Waals surface area contributed by atoms with Gasteiger partial charge in [-0.05, 0) is 36.3 Å². The van der Waals surface area contributed by atoms with Crippen LogP contribution in [0.5, 0.6) is 0 Å². The highest BCUT2D eigenvalue weighted by molar-refractivity contribution is 5.24. The lowest BCUT2D eigenvalue weighted by Crippen LogP contribution is -2.15. The van der Waals surface area contributed by atoms with Gasteiger partial charge >= 0.3 is 0 Å². The SMILES string of the molecule is CCc1ccc(C(O)C2CCCCC2)cc1. The molecule has 1 aliphatic rings. The molecule has 0 radical (unpaired) electrons. The quantitative estimate of drug-likeness (QED) is 0.816. The molecule has 0 saturated heterocycles. The predicted molar refractivity (Wildman–Crippen MR) is 67.4 cm³/mol. The molecular formula is C15H22O. The zero-order valence-electron chi connectivity index (χ0n) is 10.2. The van der Waals surface area contributed by atoms with Crippen LogP contribution < -0.4 is 0 Å². The second kappa shape index (κ2) is 5.49. The van der Waals surface area contributed by atoms with Crippen molar-refractivity contribution in [3.63, 3.8) is 0 Å². The van der Waals surface area contributed by atoms with Crippen molar-refractivity contribution >= 4 is 0 Å². The fourth-order valence-electron chi connectivity index (χ4n) is 2.67. The van der Waals surface area contributed by atoms with Crippen molar-refractivity contribution < 1.29 is 5.11 Å². The Bertz CT molecular complexity index is 309. The largest absolute Gasteiger partial charge is 0.388 e. The molecule has 1 unspecified atom stereocenters. The molecule has 0 aromatic heterocycles. The van der Waals surface area contributed by atoms with Crippen LogP contribution in [0.1, 0.15) is 56.3 Å². The Morgan fingerprint density at radius 3 is 2.31 bits per heavy atom. The number of aryl methyl sites for hydroxylation is 1. The molecule has 1 aromatic carbocycles. The van der Waals surface area contributed by atoms with Gasteiger partial charge < -0.3 is 5.11 Å². The molecule has 0 heterocycles. The number of benzene rings is 1. The van der Waals surface area contributed by atoms with Crippen molar-refractivity contribution in [3.8, 4) is 0 Å². The standard InChI is InChI=1S/C15H22O/c1-2-12-8-10-14(11-9-12)15(16)13-6-4-3-5-7-13/h8-11,13,15-16H,2-7H2,1H3. The minimum Gasteiger partial charge on any atom is -0.388 e. The highest BCUT2D eigenvalue weighted by Gasteiger charge is 2.22. The number of aliphatic hydroxyl groups is 1. The van der Waals surface area contributed by atoms with E-state index in [-0.39, 0.29) is 6.10 Å². The highest BCUT2D eigenvalue weighted by Crippen LogP contribution is 2.34. The van der Waals surface area contributed by atoms with Crippen LogP contribution in [0, 0.1) is 5.92 Å². The molecule has 16 heavy (non-hydrogen) atoms. The topological polar surface area (TPSA) is 20.2 Å². The van der Waals surface area contributed by atoms with Crippen LogP contribution in [-0.2, 0) is 6.42 Å². The van der Waals surface area contributed by atoms with Crippen molar-refractivity contribution in [3.05, 3.63) is 35.4 Å². The fourth-order valence-corrected chi connectivity index (χ4v) is 2.67. The first-order valence-electron chi connectivity index (χ1n) is 6.58. The van der Waals surface area contributed by atoms with Crippen LogP contribution in [0.25, 0.3) is 0 Å². The summed E-state index contributed by atoms with van der Waals surface area (Å²) in [6.07, 6.45) is 7.13. The molecule has 0 amide bonds. The molecule has 1 atom stereocenters. The summed E-state index contributed by atoms with van der Waals surface area (Å²) in [5.74, 6) is 0.487. The van der Waals surface area contributed by atoms with E-state index in [1.165, 1.54) is 37.7 Å². The van der Waals surface area contributed by atoms with Crippen LogP contribution in [-0.4, -0.2) is 5.11 Å². The van der Waals surface area contributed by atoms with E-state index in [2.05, 4.69) is 31.2 Å². The van der Waals surface area contributed by atoms with E-state index in [9.17, 15) is 5.11 Å². The maximum absolute atomic E-state index is 10.3. The summed E-state index contributed by atoms with van der Waals surface area (Å²) in [5.41, 5.74) is 2.45. The lowest BCUT2D eigenvalue weighted by atomic mass is 9.82. The zero-order chi connectivity index (χ0) is 11.4. The van der Waals surface area contributed by atoms with Crippen molar-refractivity contribution in [2.45, 2.75) is 51.6 Å². The van der Waals surface area contributed by atoms with E-state index in [1.54, 1.807) is 0 Å². The van der Waals surface area contributed by atoms with E-state index in [0.717, 1.165) is 12.0 Å². The number of hydrogen-bond acceptors (Lipinski definition) is 1. The van der Waals surface area contributed by atoms with Crippen molar-refractivity contribution in [1.82, 2.24) is 0 Å². The van der Waals surface area contributed by atoms with Gasteiger partial charge in [0.1, 0.15) is 0 Å². The Morgan fingerprint density at radius 1 is 1.12 bits per heavy atom. The van der Waals surface area contributed by atoms with Gasteiger partial charge in [0.2, 0.25) is 0 Å². The van der Waals surface area contributed by atoms with Gasteiger partial charge in [-0.2, -0.15) is 0 Å². The van der Waals surface area contributed by atoms with E-state index in [1.807, 2.05) is 0 Å². The van der Waals surface area contributed by atoms with Gasteiger partial charge in [-0.15, -0.1) is 0 Å². The third-order valence-corrected chi connectivity index (χ3v) is 3.83. The molecule has 0 aliphatic heterocycles. The van der Waals surface area contributed by atoms with Crippen molar-refractivity contribution in [1.29, 1.82) is 0 Å². The fraction of sp³-hybridized carbons (Fsp3) is 0.600. The normalized spacial score (nSPS) is 19.6. The molecule has 88 valence electrons. The predicted octanol–water partition coefficient (Wildman–Crippen LogP) is 3.86. The Hall–Kier alpha value is -0.820. The highest BCUT2D eigenvalue weighted by atomic mass is 16.3. The summed E-state index contributed by atoms with van der Waals surface area (Å²) in [5, 5.41) is 10.3. The molecule has 1 heteroatoms. The smallest absolute Gasteiger partial charge is 0.0818 e. The maximum atomic E-state index is 10.3. The molecule has 0 bridgehead atoms. The first kappa shape index (κ1) is 11.7. The van der Waals surface area contributed by atoms with Gasteiger partial charge in [0, 0.05) is 0 Å². The summed E-state index contributed by atoms with van der Waals surface area (Å²) in [6.45, 7) is 2.16. The first-order valence-corrected chi connectivity index (χ1v) is 6.58. The molecule has 0 spiro atoms. The summed E-state index contributed by atoms with van der Waals surface area (Å²) in [4.78, 5) is 0. The van der Waals surface area contributed by atoms with E-state index < -0.39 is 0 Å². The summed E-state index contributed by atoms with van der Waals surface area (Å²) >= 11 is 0. The minimum absolute atomic E-state index is 0.244. The second-order valence-corrected chi connectivity index (χ2v) is 4.94. The first-order chi connectivity index (χ1) is 7.81. The Labute approximate surface area is 98.5 Å². The third-order valence-electron chi connectivity index (χ3n) is 3.83. The van der Waals surface area contributed by atoms with Gasteiger partial charge in [0.05, 0.1) is 6.10 Å². The van der Waals surface area contributed by atoms with Crippen molar-refractivity contribution in [2.24, 2.45) is 5.92 Å². The van der Waals surface area contributed by atoms with Crippen LogP contribution in [0.4, 0.5) is 0 Å². The zero-order valence-corrected chi connectivity index (χ0v) is 10.2. The number of aliphatic hydroxyl groups excluding tert-OH is 1. The Morgan fingerprint density at radius 2 is 1.75 bits per heavy atom. The van der Waals surface area contributed by atoms with Crippen LogP contribution >= 0.6 is 0 Å². The number of hydrogen-bond donors (Lipinski definition) is 1. The summed E-state index contributed by atoms with van der Waals surface area (Å²) < 4.78 is 0. The summed E-state index contributed by atoms with van der Waals surface area (Å²) in [7, 11) is 0. The van der Waals surface area contributed by atoms with Crippen molar-refractivity contribution in [2.75, 3.05) is 0 Å². The number of rotatable bonds is 3. The molecule has 1 aromatic rings. The molecule has 1 saturated carbocycles. The van der Waals surface area contributed by atoms with E-state index in [0.29, 0.717) is 5.92 Å². The van der Waals surface area contributed by atoms with Gasteiger partial charge in [-0.1, -0.05) is 50.5 Å². The second-order valence-electron chi connectivity index (χ2n) is 4.94. The third kappa shape index (κ3) is 2.65. The lowest BCUT2D eigenvalue weighted by Gasteiger charge is -2.26. The Kier molecular flexibility index (Phi) is 4.00. The average Bonchev–Trinajstić information content (AvgIpc) is 2.39. The van der Waals surface area contributed by atoms with E-state index in [4.69, 9.17) is 0 Å². The molecule has 1 aliphatic carbocycles. The van der Waals surface area contributed by atoms with Gasteiger partial charge in [0.25, 0.3) is 0 Å². The monoisotopic (exact) mass is 218 g/mol. The van der Waals surface area contributed by atoms with Crippen LogP contribution in [0.2, 0.25) is 0 Å². The molecule has 1 nitrogen and oxygen atoms in total. The van der Waals surface area contributed by atoms with Gasteiger partial charge in [0.15, 0.2) is 0 Å². The molecule has 2 rings (SSSR count).